The lowest BCUT2D eigenvalue weighted by molar-refractivity contribution is -0.115. The molecule has 0 fully saturated rings. The summed E-state index contributed by atoms with van der Waals surface area (Å²) in [5.74, 6) is -0.255. The van der Waals surface area contributed by atoms with Gasteiger partial charge in [0.15, 0.2) is 0 Å². The molecule has 1 aliphatic rings. The predicted octanol–water partition coefficient (Wildman–Crippen LogP) is 1.14. The van der Waals surface area contributed by atoms with Crippen LogP contribution in [0.5, 0.6) is 0 Å². The molecule has 120 valence electrons. The van der Waals surface area contributed by atoms with Crippen LogP contribution in [-0.2, 0) is 24.2 Å². The molecular weight excluding hydrogens is 312 g/mol. The van der Waals surface area contributed by atoms with Crippen molar-refractivity contribution in [1.82, 2.24) is 14.5 Å². The highest BCUT2D eigenvalue weighted by molar-refractivity contribution is 7.99. The first-order valence-corrected chi connectivity index (χ1v) is 8.56. The number of pyridine rings is 1. The molecule has 2 N–H and O–H groups in total. The average molecular weight is 330 g/mol. The highest BCUT2D eigenvalue weighted by Gasteiger charge is 2.20. The summed E-state index contributed by atoms with van der Waals surface area (Å²) in [5.41, 5.74) is 8.10. The fraction of sp³-hybridized carbons (Fsp3) is 0.375. The zero-order chi connectivity index (χ0) is 16.2. The van der Waals surface area contributed by atoms with Crippen molar-refractivity contribution in [2.45, 2.75) is 37.3 Å². The number of nitrogens with zero attached hydrogens (tertiary/aromatic N) is 3. The standard InChI is InChI=1S/C16H18N4O2S/c17-14(21)10-23-15-12-3-1-2-4-13(12)20(16(22)19-15)9-11-5-7-18-8-6-11/h5-8H,1-4,9-10H2,(H2,17,21). The second kappa shape index (κ2) is 6.95. The van der Waals surface area contributed by atoms with E-state index in [1.54, 1.807) is 17.0 Å². The number of nitrogens with two attached hydrogens (primary N) is 1. The van der Waals surface area contributed by atoms with Crippen LogP contribution in [0.2, 0.25) is 0 Å². The molecule has 0 radical (unpaired) electrons. The van der Waals surface area contributed by atoms with Crippen molar-refractivity contribution in [2.24, 2.45) is 5.73 Å². The SMILES string of the molecule is NC(=O)CSc1nc(=O)n(Cc2ccncc2)c2c1CCCC2. The van der Waals surface area contributed by atoms with E-state index in [0.717, 1.165) is 42.5 Å². The van der Waals surface area contributed by atoms with E-state index in [0.29, 0.717) is 11.6 Å². The van der Waals surface area contributed by atoms with Crippen LogP contribution in [0.1, 0.15) is 29.7 Å². The third kappa shape index (κ3) is 3.61. The summed E-state index contributed by atoms with van der Waals surface area (Å²) in [4.78, 5) is 31.7. The fourth-order valence-corrected chi connectivity index (χ4v) is 3.66. The molecule has 0 saturated heterocycles. The summed E-state index contributed by atoms with van der Waals surface area (Å²) in [6.45, 7) is 0.497. The number of rotatable bonds is 5. The van der Waals surface area contributed by atoms with Gasteiger partial charge in [-0.1, -0.05) is 11.8 Å². The lowest BCUT2D eigenvalue weighted by atomic mass is 9.97. The van der Waals surface area contributed by atoms with Crippen molar-refractivity contribution in [3.63, 3.8) is 0 Å². The van der Waals surface area contributed by atoms with E-state index in [-0.39, 0.29) is 11.4 Å². The second-order valence-corrected chi connectivity index (χ2v) is 6.49. The Labute approximate surface area is 138 Å². The third-order valence-electron chi connectivity index (χ3n) is 3.89. The molecule has 2 heterocycles. The van der Waals surface area contributed by atoms with Gasteiger partial charge < -0.3 is 5.73 Å². The van der Waals surface area contributed by atoms with Crippen molar-refractivity contribution in [3.05, 3.63) is 51.8 Å². The molecule has 1 amide bonds. The van der Waals surface area contributed by atoms with E-state index >= 15 is 0 Å². The van der Waals surface area contributed by atoms with Gasteiger partial charge in [0.25, 0.3) is 0 Å². The van der Waals surface area contributed by atoms with Crippen LogP contribution in [0.4, 0.5) is 0 Å². The monoisotopic (exact) mass is 330 g/mol. The molecule has 0 unspecified atom stereocenters. The molecule has 0 saturated carbocycles. The molecule has 23 heavy (non-hydrogen) atoms. The Morgan fingerprint density at radius 1 is 1.26 bits per heavy atom. The Kier molecular flexibility index (Phi) is 4.76. The largest absolute Gasteiger partial charge is 0.369 e. The maximum Gasteiger partial charge on any atom is 0.349 e. The average Bonchev–Trinajstić information content (AvgIpc) is 2.56. The van der Waals surface area contributed by atoms with E-state index in [1.165, 1.54) is 11.8 Å². The molecule has 7 heteroatoms. The molecule has 0 aromatic carbocycles. The maximum atomic E-state index is 12.5. The molecule has 1 aliphatic carbocycles. The first-order chi connectivity index (χ1) is 11.1. The van der Waals surface area contributed by atoms with Crippen LogP contribution < -0.4 is 11.4 Å². The molecule has 3 rings (SSSR count). The lowest BCUT2D eigenvalue weighted by Gasteiger charge is -2.22. The van der Waals surface area contributed by atoms with Crippen molar-refractivity contribution < 1.29 is 4.79 Å². The molecule has 0 aliphatic heterocycles. The number of carbonyl (C=O) groups excluding carboxylic acids is 1. The minimum atomic E-state index is -0.401. The first-order valence-electron chi connectivity index (χ1n) is 7.58. The van der Waals surface area contributed by atoms with Gasteiger partial charge in [-0.05, 0) is 43.4 Å². The first kappa shape index (κ1) is 15.7. The minimum Gasteiger partial charge on any atom is -0.369 e. The summed E-state index contributed by atoms with van der Waals surface area (Å²) in [7, 11) is 0. The van der Waals surface area contributed by atoms with Crippen LogP contribution in [0.25, 0.3) is 0 Å². The Balaban J connectivity index is 2.00. The van der Waals surface area contributed by atoms with Crippen molar-refractivity contribution in [3.8, 4) is 0 Å². The predicted molar refractivity (Wildman–Crippen MR) is 88.4 cm³/mol. The Morgan fingerprint density at radius 3 is 2.74 bits per heavy atom. The number of fused-ring (bicyclic) bond motifs is 1. The zero-order valence-corrected chi connectivity index (χ0v) is 13.5. The Hall–Kier alpha value is -2.15. The number of hydrogen-bond acceptors (Lipinski definition) is 5. The van der Waals surface area contributed by atoms with Crippen LogP contribution in [0.3, 0.4) is 0 Å². The van der Waals surface area contributed by atoms with E-state index in [4.69, 9.17) is 5.73 Å². The second-order valence-electron chi connectivity index (χ2n) is 5.53. The third-order valence-corrected chi connectivity index (χ3v) is 4.93. The van der Waals surface area contributed by atoms with E-state index in [9.17, 15) is 9.59 Å². The highest BCUT2D eigenvalue weighted by Crippen LogP contribution is 2.28. The van der Waals surface area contributed by atoms with Gasteiger partial charge in [-0.2, -0.15) is 4.98 Å². The maximum absolute atomic E-state index is 12.5. The zero-order valence-electron chi connectivity index (χ0n) is 12.7. The van der Waals surface area contributed by atoms with Gasteiger partial charge >= 0.3 is 5.69 Å². The van der Waals surface area contributed by atoms with Crippen molar-refractivity contribution >= 4 is 17.7 Å². The molecule has 0 spiro atoms. The van der Waals surface area contributed by atoms with Crippen LogP contribution in [-0.4, -0.2) is 26.2 Å². The Morgan fingerprint density at radius 2 is 2.00 bits per heavy atom. The summed E-state index contributed by atoms with van der Waals surface area (Å²) in [6.07, 6.45) is 7.33. The van der Waals surface area contributed by atoms with Gasteiger partial charge in [0.1, 0.15) is 5.03 Å². The van der Waals surface area contributed by atoms with Gasteiger partial charge in [-0.25, -0.2) is 4.79 Å². The Bertz CT molecular complexity index is 774. The fourth-order valence-electron chi connectivity index (χ4n) is 2.84. The molecule has 2 aromatic rings. The topological polar surface area (TPSA) is 90.9 Å². The minimum absolute atomic E-state index is 0.146. The molecular formula is C16H18N4O2S. The van der Waals surface area contributed by atoms with Crippen LogP contribution >= 0.6 is 11.8 Å². The summed E-state index contributed by atoms with van der Waals surface area (Å²) < 4.78 is 1.75. The van der Waals surface area contributed by atoms with Gasteiger partial charge in [0.05, 0.1) is 12.3 Å². The lowest BCUT2D eigenvalue weighted by Crippen LogP contribution is -2.30. The van der Waals surface area contributed by atoms with Crippen LogP contribution in [0.15, 0.2) is 34.3 Å². The summed E-state index contributed by atoms with van der Waals surface area (Å²) in [6, 6.07) is 3.80. The van der Waals surface area contributed by atoms with E-state index in [2.05, 4.69) is 9.97 Å². The van der Waals surface area contributed by atoms with Gasteiger partial charge in [-0.3, -0.25) is 14.3 Å². The number of thioether (sulfide) groups is 1. The van der Waals surface area contributed by atoms with Crippen molar-refractivity contribution in [1.29, 1.82) is 0 Å². The number of hydrogen-bond donors (Lipinski definition) is 1. The van der Waals surface area contributed by atoms with Crippen LogP contribution in [0, 0.1) is 0 Å². The normalized spacial score (nSPS) is 13.6. The van der Waals surface area contributed by atoms with E-state index < -0.39 is 5.91 Å². The highest BCUT2D eigenvalue weighted by atomic mass is 32.2. The quantitative estimate of drug-likeness (QED) is 0.656. The molecule has 2 aromatic heterocycles. The number of carbonyl (C=O) groups is 1. The van der Waals surface area contributed by atoms with Crippen molar-refractivity contribution in [2.75, 3.05) is 5.75 Å². The number of primary amides is 1. The molecule has 6 nitrogen and oxygen atoms in total. The van der Waals surface area contributed by atoms with E-state index in [1.807, 2.05) is 12.1 Å². The summed E-state index contributed by atoms with van der Waals surface area (Å²) >= 11 is 1.26. The van der Waals surface area contributed by atoms with Gasteiger partial charge in [-0.15, -0.1) is 0 Å². The number of aromatic nitrogens is 3. The van der Waals surface area contributed by atoms with Gasteiger partial charge in [0.2, 0.25) is 5.91 Å². The molecule has 0 atom stereocenters. The van der Waals surface area contributed by atoms with Gasteiger partial charge in [0, 0.05) is 23.7 Å². The smallest absolute Gasteiger partial charge is 0.349 e. The number of amides is 1. The molecule has 0 bridgehead atoms. The summed E-state index contributed by atoms with van der Waals surface area (Å²) in [5, 5.41) is 0.662.